The topological polar surface area (TPSA) is 69.4 Å². The second kappa shape index (κ2) is 4.04. The molecule has 0 saturated carbocycles. The summed E-state index contributed by atoms with van der Waals surface area (Å²) in [5, 5.41) is 10.5. The van der Waals surface area contributed by atoms with Gasteiger partial charge in [0.05, 0.1) is 23.7 Å². The van der Waals surface area contributed by atoms with Gasteiger partial charge in [0, 0.05) is 6.07 Å². The number of ether oxygens (including phenoxy) is 1. The Morgan fingerprint density at radius 3 is 2.53 bits per heavy atom. The average molecular weight is 213 g/mol. The molecule has 1 aromatic carbocycles. The zero-order valence-electron chi connectivity index (χ0n) is 8.11. The van der Waals surface area contributed by atoms with Gasteiger partial charge in [0.1, 0.15) is 0 Å². The molecular formula is C9H8FNO4. The van der Waals surface area contributed by atoms with Gasteiger partial charge in [-0.05, 0) is 6.92 Å². The number of carbonyl (C=O) groups excluding carboxylic acids is 1. The van der Waals surface area contributed by atoms with E-state index in [1.807, 2.05) is 0 Å². The van der Waals surface area contributed by atoms with E-state index < -0.39 is 16.5 Å². The van der Waals surface area contributed by atoms with Gasteiger partial charge in [0.25, 0.3) is 5.69 Å². The first-order valence-corrected chi connectivity index (χ1v) is 4.00. The summed E-state index contributed by atoms with van der Waals surface area (Å²) in [6.07, 6.45) is 0. The van der Waals surface area contributed by atoms with Crippen LogP contribution in [0.3, 0.4) is 0 Å². The molecule has 80 valence electrons. The second-order valence-electron chi connectivity index (χ2n) is 2.82. The van der Waals surface area contributed by atoms with E-state index in [0.717, 1.165) is 19.1 Å². The molecule has 6 heteroatoms. The summed E-state index contributed by atoms with van der Waals surface area (Å²) in [6.45, 7) is 1.13. The number of nitro benzene ring substituents is 1. The molecule has 15 heavy (non-hydrogen) atoms. The maximum atomic E-state index is 13.4. The van der Waals surface area contributed by atoms with Crippen LogP contribution in [-0.4, -0.2) is 17.8 Å². The highest BCUT2D eigenvalue weighted by molar-refractivity contribution is 5.95. The van der Waals surface area contributed by atoms with Crippen molar-refractivity contribution in [1.82, 2.24) is 0 Å². The molecule has 0 atom stereocenters. The second-order valence-corrected chi connectivity index (χ2v) is 2.82. The van der Waals surface area contributed by atoms with Crippen LogP contribution in [0.15, 0.2) is 12.1 Å². The van der Waals surface area contributed by atoms with E-state index in [4.69, 9.17) is 0 Å². The zero-order chi connectivity index (χ0) is 11.6. The zero-order valence-corrected chi connectivity index (χ0v) is 8.11. The van der Waals surface area contributed by atoms with Crippen molar-refractivity contribution in [2.45, 2.75) is 6.92 Å². The first-order valence-electron chi connectivity index (χ1n) is 4.00. The highest BCUT2D eigenvalue weighted by Crippen LogP contribution is 2.27. The lowest BCUT2D eigenvalue weighted by molar-refractivity contribution is -0.385. The van der Waals surface area contributed by atoms with Gasteiger partial charge in [0.2, 0.25) is 0 Å². The number of benzene rings is 1. The van der Waals surface area contributed by atoms with Gasteiger partial charge in [0.15, 0.2) is 17.3 Å². The van der Waals surface area contributed by atoms with E-state index in [1.165, 1.54) is 7.11 Å². The van der Waals surface area contributed by atoms with Gasteiger partial charge in [-0.3, -0.25) is 14.9 Å². The molecule has 0 heterocycles. The Balaban J connectivity index is 3.45. The van der Waals surface area contributed by atoms with E-state index in [1.54, 1.807) is 0 Å². The van der Waals surface area contributed by atoms with Crippen molar-refractivity contribution in [1.29, 1.82) is 0 Å². The van der Waals surface area contributed by atoms with Crippen LogP contribution >= 0.6 is 0 Å². The fourth-order valence-electron chi connectivity index (χ4n) is 1.09. The Morgan fingerprint density at radius 2 is 2.13 bits per heavy atom. The van der Waals surface area contributed by atoms with Crippen molar-refractivity contribution < 1.29 is 18.8 Å². The van der Waals surface area contributed by atoms with Crippen molar-refractivity contribution >= 4 is 11.5 Å². The van der Waals surface area contributed by atoms with Crippen LogP contribution in [0.5, 0.6) is 5.75 Å². The maximum absolute atomic E-state index is 13.4. The fraction of sp³-hybridized carbons (Fsp3) is 0.222. The van der Waals surface area contributed by atoms with E-state index in [9.17, 15) is 19.3 Å². The lowest BCUT2D eigenvalue weighted by Gasteiger charge is -2.04. The number of hydrogen-bond acceptors (Lipinski definition) is 4. The minimum absolute atomic E-state index is 0.311. The van der Waals surface area contributed by atoms with E-state index >= 15 is 0 Å². The van der Waals surface area contributed by atoms with Crippen LogP contribution in [0.25, 0.3) is 0 Å². The van der Waals surface area contributed by atoms with Crippen molar-refractivity contribution in [2.24, 2.45) is 0 Å². The summed E-state index contributed by atoms with van der Waals surface area (Å²) in [5.74, 6) is -1.78. The number of non-ortho nitro benzene ring substituents is 1. The molecule has 0 bridgehead atoms. The Hall–Kier alpha value is -1.98. The van der Waals surface area contributed by atoms with Gasteiger partial charge in [-0.25, -0.2) is 4.39 Å². The lowest BCUT2D eigenvalue weighted by atomic mass is 10.1. The first-order chi connectivity index (χ1) is 6.97. The lowest BCUT2D eigenvalue weighted by Crippen LogP contribution is -2.02. The molecule has 0 spiro atoms. The number of halogens is 1. The normalized spacial score (nSPS) is 9.80. The third-order valence-electron chi connectivity index (χ3n) is 1.83. The molecule has 0 aromatic heterocycles. The monoisotopic (exact) mass is 213 g/mol. The molecule has 5 nitrogen and oxygen atoms in total. The van der Waals surface area contributed by atoms with Crippen LogP contribution in [0.1, 0.15) is 17.3 Å². The molecule has 0 amide bonds. The van der Waals surface area contributed by atoms with Gasteiger partial charge >= 0.3 is 0 Å². The molecule has 1 aromatic rings. The third-order valence-corrected chi connectivity index (χ3v) is 1.83. The fourth-order valence-corrected chi connectivity index (χ4v) is 1.09. The number of nitro groups is 1. The average Bonchev–Trinajstić information content (AvgIpc) is 2.17. The van der Waals surface area contributed by atoms with Crippen LogP contribution in [0.2, 0.25) is 0 Å². The van der Waals surface area contributed by atoms with Gasteiger partial charge in [-0.15, -0.1) is 0 Å². The summed E-state index contributed by atoms with van der Waals surface area (Å²) in [7, 11) is 1.17. The molecule has 0 N–H and O–H groups in total. The Bertz CT molecular complexity index is 430. The van der Waals surface area contributed by atoms with Crippen molar-refractivity contribution in [3.8, 4) is 5.75 Å². The largest absolute Gasteiger partial charge is 0.493 e. The third kappa shape index (κ3) is 2.09. The molecule has 0 saturated heterocycles. The predicted octanol–water partition coefficient (Wildman–Crippen LogP) is 1.95. The minimum atomic E-state index is -0.879. The predicted molar refractivity (Wildman–Crippen MR) is 49.6 cm³/mol. The highest BCUT2D eigenvalue weighted by atomic mass is 19.1. The molecular weight excluding hydrogens is 205 g/mol. The van der Waals surface area contributed by atoms with Crippen LogP contribution in [0.4, 0.5) is 10.1 Å². The van der Waals surface area contributed by atoms with Crippen LogP contribution < -0.4 is 4.74 Å². The van der Waals surface area contributed by atoms with Gasteiger partial charge < -0.3 is 4.74 Å². The molecule has 1 rings (SSSR count). The maximum Gasteiger partial charge on any atom is 0.274 e. The number of rotatable bonds is 3. The standard InChI is InChI=1S/C9H8FNO4/c1-5(12)7-3-6(11(13)14)4-8(15-2)9(7)10/h3-4H,1-2H3. The number of nitrogens with zero attached hydrogens (tertiary/aromatic N) is 1. The number of hydrogen-bond donors (Lipinski definition) is 0. The molecule has 0 fully saturated rings. The van der Waals surface area contributed by atoms with Gasteiger partial charge in [-0.2, -0.15) is 0 Å². The summed E-state index contributed by atoms with van der Waals surface area (Å²) in [6, 6.07) is 1.82. The van der Waals surface area contributed by atoms with Crippen LogP contribution in [0, 0.1) is 15.9 Å². The van der Waals surface area contributed by atoms with Gasteiger partial charge in [-0.1, -0.05) is 0 Å². The minimum Gasteiger partial charge on any atom is -0.493 e. The van der Waals surface area contributed by atoms with E-state index in [2.05, 4.69) is 4.74 Å². The molecule has 0 radical (unpaired) electrons. The smallest absolute Gasteiger partial charge is 0.274 e. The van der Waals surface area contributed by atoms with Crippen LogP contribution in [-0.2, 0) is 0 Å². The first kappa shape index (κ1) is 11.1. The molecule has 0 unspecified atom stereocenters. The Morgan fingerprint density at radius 1 is 1.53 bits per heavy atom. The SMILES string of the molecule is COc1cc([N+](=O)[O-])cc(C(C)=O)c1F. The quantitative estimate of drug-likeness (QED) is 0.437. The summed E-state index contributed by atoms with van der Waals surface area (Å²) in [5.41, 5.74) is -0.723. The molecule has 0 aliphatic heterocycles. The number of methoxy groups -OCH3 is 1. The number of carbonyl (C=O) groups is 1. The number of Topliss-reactive ketones (excluding diaryl/α,β-unsaturated/α-hetero) is 1. The van der Waals surface area contributed by atoms with E-state index in [-0.39, 0.29) is 17.0 Å². The highest BCUT2D eigenvalue weighted by Gasteiger charge is 2.19. The van der Waals surface area contributed by atoms with Crippen molar-refractivity contribution in [3.63, 3.8) is 0 Å². The summed E-state index contributed by atoms with van der Waals surface area (Å²) in [4.78, 5) is 20.7. The van der Waals surface area contributed by atoms with Crippen molar-refractivity contribution in [3.05, 3.63) is 33.6 Å². The van der Waals surface area contributed by atoms with E-state index in [0.29, 0.717) is 0 Å². The number of ketones is 1. The molecule has 0 aliphatic carbocycles. The molecule has 0 aliphatic rings. The summed E-state index contributed by atoms with van der Waals surface area (Å²) >= 11 is 0. The van der Waals surface area contributed by atoms with Crippen molar-refractivity contribution in [2.75, 3.05) is 7.11 Å². The Kier molecular flexibility index (Phi) is 2.99. The summed E-state index contributed by atoms with van der Waals surface area (Å²) < 4.78 is 18.0. The Labute approximate surface area is 84.6 Å².